The Labute approximate surface area is 114 Å². The number of benzene rings is 1. The maximum absolute atomic E-state index is 12.0. The van der Waals surface area contributed by atoms with Gasteiger partial charge in [0.2, 0.25) is 0 Å². The van der Waals surface area contributed by atoms with Crippen LogP contribution in [-0.4, -0.2) is 27.8 Å². The van der Waals surface area contributed by atoms with Crippen LogP contribution in [0.25, 0.3) is 0 Å². The third-order valence-corrected chi connectivity index (χ3v) is 4.24. The number of hydrogen-bond acceptors (Lipinski definition) is 4. The fourth-order valence-corrected chi connectivity index (χ4v) is 3.60. The van der Waals surface area contributed by atoms with Gasteiger partial charge in [0.25, 0.3) is 0 Å². The molecule has 1 aromatic carbocycles. The molecule has 0 fully saturated rings. The van der Waals surface area contributed by atoms with Crippen molar-refractivity contribution in [3.63, 3.8) is 0 Å². The molecule has 1 rings (SSSR count). The van der Waals surface area contributed by atoms with E-state index in [-0.39, 0.29) is 0 Å². The Hall–Kier alpha value is -1.36. The van der Waals surface area contributed by atoms with Gasteiger partial charge in [-0.25, -0.2) is 13.2 Å². The van der Waals surface area contributed by atoms with E-state index in [4.69, 9.17) is 4.74 Å². The standard InChI is InChI=1S/C14H20O4S/c1-5-7-10-8-9-12(14(15)18-3)11(6-2)13(10)19(4,16)17/h8-9H,5-7H2,1-4H3. The summed E-state index contributed by atoms with van der Waals surface area (Å²) in [6.07, 6.45) is 3.19. The molecule has 0 aliphatic rings. The molecule has 0 aliphatic heterocycles. The molecule has 0 heterocycles. The highest BCUT2D eigenvalue weighted by molar-refractivity contribution is 7.90. The molecule has 5 heteroatoms. The van der Waals surface area contributed by atoms with Gasteiger partial charge in [-0.05, 0) is 30.0 Å². The van der Waals surface area contributed by atoms with E-state index in [1.54, 1.807) is 12.1 Å². The number of carbonyl (C=O) groups is 1. The van der Waals surface area contributed by atoms with Crippen molar-refractivity contribution in [3.05, 3.63) is 28.8 Å². The molecular formula is C14H20O4S. The normalized spacial score (nSPS) is 11.4. The minimum absolute atomic E-state index is 0.291. The number of ether oxygens (including phenoxy) is 1. The Bertz CT molecular complexity index is 573. The van der Waals surface area contributed by atoms with Gasteiger partial charge in [-0.3, -0.25) is 0 Å². The van der Waals surface area contributed by atoms with Crippen LogP contribution in [0.4, 0.5) is 0 Å². The Morgan fingerprint density at radius 2 is 1.89 bits per heavy atom. The number of methoxy groups -OCH3 is 1. The summed E-state index contributed by atoms with van der Waals surface area (Å²) in [5.41, 5.74) is 1.67. The third kappa shape index (κ3) is 3.35. The number of carbonyl (C=O) groups excluding carboxylic acids is 1. The molecule has 0 bridgehead atoms. The first-order chi connectivity index (χ1) is 8.86. The van der Waals surface area contributed by atoms with Crippen molar-refractivity contribution >= 4 is 15.8 Å². The SMILES string of the molecule is CCCc1ccc(C(=O)OC)c(CC)c1S(C)(=O)=O. The van der Waals surface area contributed by atoms with Gasteiger partial charge >= 0.3 is 5.97 Å². The smallest absolute Gasteiger partial charge is 0.338 e. The molecule has 0 aromatic heterocycles. The molecule has 0 unspecified atom stereocenters. The first-order valence-corrected chi connectivity index (χ1v) is 8.19. The Morgan fingerprint density at radius 1 is 1.26 bits per heavy atom. The van der Waals surface area contributed by atoms with Gasteiger partial charge in [0.05, 0.1) is 17.6 Å². The minimum Gasteiger partial charge on any atom is -0.465 e. The van der Waals surface area contributed by atoms with E-state index >= 15 is 0 Å². The minimum atomic E-state index is -3.37. The summed E-state index contributed by atoms with van der Waals surface area (Å²) in [5, 5.41) is 0. The highest BCUT2D eigenvalue weighted by Gasteiger charge is 2.23. The Morgan fingerprint density at radius 3 is 2.32 bits per heavy atom. The number of hydrogen-bond donors (Lipinski definition) is 0. The van der Waals surface area contributed by atoms with E-state index in [0.29, 0.717) is 28.9 Å². The average molecular weight is 284 g/mol. The van der Waals surface area contributed by atoms with Crippen LogP contribution in [0.3, 0.4) is 0 Å². The predicted octanol–water partition coefficient (Wildman–Crippen LogP) is 2.39. The maximum atomic E-state index is 12.0. The van der Waals surface area contributed by atoms with Crippen molar-refractivity contribution in [2.24, 2.45) is 0 Å². The maximum Gasteiger partial charge on any atom is 0.338 e. The molecule has 0 saturated carbocycles. The van der Waals surface area contributed by atoms with Crippen molar-refractivity contribution in [1.82, 2.24) is 0 Å². The van der Waals surface area contributed by atoms with Gasteiger partial charge in [0.1, 0.15) is 0 Å². The Balaban J connectivity index is 3.64. The van der Waals surface area contributed by atoms with Crippen LogP contribution >= 0.6 is 0 Å². The summed E-state index contributed by atoms with van der Waals surface area (Å²) < 4.78 is 28.8. The van der Waals surface area contributed by atoms with Gasteiger partial charge in [-0.15, -0.1) is 0 Å². The van der Waals surface area contributed by atoms with Crippen molar-refractivity contribution in [3.8, 4) is 0 Å². The van der Waals surface area contributed by atoms with Crippen LogP contribution in [-0.2, 0) is 27.4 Å². The molecular weight excluding hydrogens is 264 g/mol. The van der Waals surface area contributed by atoms with Crippen molar-refractivity contribution in [1.29, 1.82) is 0 Å². The lowest BCUT2D eigenvalue weighted by molar-refractivity contribution is 0.0599. The number of sulfone groups is 1. The summed E-state index contributed by atoms with van der Waals surface area (Å²) in [6.45, 7) is 3.83. The largest absolute Gasteiger partial charge is 0.465 e. The van der Waals surface area contributed by atoms with Crippen molar-refractivity contribution < 1.29 is 17.9 Å². The van der Waals surface area contributed by atoms with E-state index in [1.165, 1.54) is 13.4 Å². The number of esters is 1. The zero-order valence-corrected chi connectivity index (χ0v) is 12.6. The van der Waals surface area contributed by atoms with Crippen molar-refractivity contribution in [2.45, 2.75) is 38.0 Å². The summed E-state index contributed by atoms with van der Waals surface area (Å²) in [4.78, 5) is 12.0. The zero-order chi connectivity index (χ0) is 14.6. The van der Waals surface area contributed by atoms with Gasteiger partial charge in [0, 0.05) is 6.26 Å². The van der Waals surface area contributed by atoms with Crippen LogP contribution in [0, 0.1) is 0 Å². The molecule has 0 N–H and O–H groups in total. The molecule has 19 heavy (non-hydrogen) atoms. The van der Waals surface area contributed by atoms with Gasteiger partial charge in [-0.2, -0.15) is 0 Å². The highest BCUT2D eigenvalue weighted by Crippen LogP contribution is 2.26. The summed E-state index contributed by atoms with van der Waals surface area (Å²) in [5.74, 6) is -0.496. The molecule has 0 saturated heterocycles. The average Bonchev–Trinajstić information content (AvgIpc) is 2.36. The fraction of sp³-hybridized carbons (Fsp3) is 0.500. The summed E-state index contributed by atoms with van der Waals surface area (Å²) >= 11 is 0. The fourth-order valence-electron chi connectivity index (χ4n) is 2.26. The molecule has 0 amide bonds. The van der Waals surface area contributed by atoms with E-state index in [0.717, 1.165) is 12.0 Å². The number of rotatable bonds is 5. The monoisotopic (exact) mass is 284 g/mol. The second kappa shape index (κ2) is 6.19. The first kappa shape index (κ1) is 15.7. The van der Waals surface area contributed by atoms with E-state index < -0.39 is 15.8 Å². The van der Waals surface area contributed by atoms with Crippen LogP contribution in [0.1, 0.15) is 41.8 Å². The molecule has 0 aliphatic carbocycles. The molecule has 0 spiro atoms. The van der Waals surface area contributed by atoms with Gasteiger partial charge in [-0.1, -0.05) is 26.3 Å². The molecule has 1 aromatic rings. The van der Waals surface area contributed by atoms with E-state index in [9.17, 15) is 13.2 Å². The number of aryl methyl sites for hydroxylation is 1. The van der Waals surface area contributed by atoms with Crippen LogP contribution in [0.5, 0.6) is 0 Å². The van der Waals surface area contributed by atoms with Crippen LogP contribution in [0.15, 0.2) is 17.0 Å². The second-order valence-corrected chi connectivity index (χ2v) is 6.40. The third-order valence-electron chi connectivity index (χ3n) is 2.99. The summed E-state index contributed by atoms with van der Waals surface area (Å²) in [7, 11) is -2.08. The lowest BCUT2D eigenvalue weighted by atomic mass is 9.99. The first-order valence-electron chi connectivity index (χ1n) is 6.29. The molecule has 0 radical (unpaired) electrons. The lowest BCUT2D eigenvalue weighted by Gasteiger charge is -2.15. The topological polar surface area (TPSA) is 60.4 Å². The molecule has 0 atom stereocenters. The molecule has 106 valence electrons. The van der Waals surface area contributed by atoms with E-state index in [1.807, 2.05) is 13.8 Å². The summed E-state index contributed by atoms with van der Waals surface area (Å²) in [6, 6.07) is 3.37. The quantitative estimate of drug-likeness (QED) is 0.779. The van der Waals surface area contributed by atoms with Crippen molar-refractivity contribution in [2.75, 3.05) is 13.4 Å². The van der Waals surface area contributed by atoms with Gasteiger partial charge in [0.15, 0.2) is 9.84 Å². The van der Waals surface area contributed by atoms with E-state index in [2.05, 4.69) is 0 Å². The highest BCUT2D eigenvalue weighted by atomic mass is 32.2. The zero-order valence-electron chi connectivity index (χ0n) is 11.8. The van der Waals surface area contributed by atoms with Crippen LogP contribution in [0.2, 0.25) is 0 Å². The lowest BCUT2D eigenvalue weighted by Crippen LogP contribution is -2.13. The second-order valence-electron chi connectivity index (χ2n) is 4.45. The molecule has 4 nitrogen and oxygen atoms in total. The van der Waals surface area contributed by atoms with Crippen LogP contribution < -0.4 is 0 Å². The predicted molar refractivity (Wildman–Crippen MR) is 74.3 cm³/mol. The Kier molecular flexibility index (Phi) is 5.11. The van der Waals surface area contributed by atoms with Gasteiger partial charge < -0.3 is 4.74 Å².